The average Bonchev–Trinajstić information content (AvgIpc) is 3.61. The van der Waals surface area contributed by atoms with Gasteiger partial charge in [0.15, 0.2) is 5.78 Å². The first-order valence-electron chi connectivity index (χ1n) is 12.7. The van der Waals surface area contributed by atoms with Gasteiger partial charge in [-0.25, -0.2) is 9.59 Å². The van der Waals surface area contributed by atoms with Crippen molar-refractivity contribution in [1.82, 2.24) is 5.32 Å². The second-order valence-electron chi connectivity index (χ2n) is 10.2. The minimum atomic E-state index is -0.592. The van der Waals surface area contributed by atoms with Crippen LogP contribution in [0.2, 0.25) is 0 Å². The standard InChI is InChI=1S/C29H37NO7/c1-7-8-14-35-23-16-22(25(31)21-15-19(21)17-30-28(33)37-29(3,4)5)26(34-6)18(2)24(23)27(32)36-20-12-10-9-11-13-20/h9-13,16,19,21H,7-8,14-15,17H2,1-6H3,(H,30,33). The van der Waals surface area contributed by atoms with Crippen LogP contribution in [-0.2, 0) is 4.74 Å². The Morgan fingerprint density at radius 1 is 1.11 bits per heavy atom. The molecule has 1 aliphatic carbocycles. The van der Waals surface area contributed by atoms with E-state index < -0.39 is 17.7 Å². The van der Waals surface area contributed by atoms with Crippen LogP contribution in [0.25, 0.3) is 0 Å². The van der Waals surface area contributed by atoms with E-state index in [4.69, 9.17) is 18.9 Å². The molecule has 1 aliphatic rings. The molecule has 200 valence electrons. The number of unbranched alkanes of at least 4 members (excludes halogenated alkanes) is 1. The number of Topliss-reactive ketones (excluding diaryl/α,β-unsaturated/α-hetero) is 1. The van der Waals surface area contributed by atoms with Crippen molar-refractivity contribution in [2.24, 2.45) is 11.8 Å². The van der Waals surface area contributed by atoms with E-state index in [1.807, 2.05) is 13.0 Å². The highest BCUT2D eigenvalue weighted by atomic mass is 16.6. The molecule has 2 aromatic rings. The molecule has 8 heteroatoms. The number of hydrogen-bond acceptors (Lipinski definition) is 7. The first-order chi connectivity index (χ1) is 17.6. The van der Waals surface area contributed by atoms with Gasteiger partial charge in [-0.2, -0.15) is 0 Å². The quantitative estimate of drug-likeness (QED) is 0.178. The molecule has 1 fully saturated rings. The molecule has 8 nitrogen and oxygen atoms in total. The van der Waals surface area contributed by atoms with Crippen molar-refractivity contribution in [2.75, 3.05) is 20.3 Å². The Balaban J connectivity index is 1.83. The second kappa shape index (κ2) is 12.1. The Morgan fingerprint density at radius 3 is 2.43 bits per heavy atom. The lowest BCUT2D eigenvalue weighted by Gasteiger charge is -2.20. The molecule has 2 unspecified atom stereocenters. The number of esters is 1. The highest BCUT2D eigenvalue weighted by molar-refractivity contribution is 6.05. The number of para-hydroxylation sites is 1. The Kier molecular flexibility index (Phi) is 9.18. The lowest BCUT2D eigenvalue weighted by molar-refractivity contribution is 0.0523. The second-order valence-corrected chi connectivity index (χ2v) is 10.2. The zero-order chi connectivity index (χ0) is 27.2. The molecule has 1 amide bonds. The van der Waals surface area contributed by atoms with Crippen LogP contribution in [0.15, 0.2) is 36.4 Å². The van der Waals surface area contributed by atoms with Crippen molar-refractivity contribution in [3.8, 4) is 17.2 Å². The van der Waals surface area contributed by atoms with Crippen LogP contribution >= 0.6 is 0 Å². The van der Waals surface area contributed by atoms with Crippen LogP contribution in [0.1, 0.15) is 73.2 Å². The molecule has 0 radical (unpaired) electrons. The topological polar surface area (TPSA) is 100 Å². The van der Waals surface area contributed by atoms with Gasteiger partial charge in [0.2, 0.25) is 0 Å². The summed E-state index contributed by atoms with van der Waals surface area (Å²) >= 11 is 0. The van der Waals surface area contributed by atoms with Crippen molar-refractivity contribution in [1.29, 1.82) is 0 Å². The van der Waals surface area contributed by atoms with Crippen molar-refractivity contribution >= 4 is 17.8 Å². The molecule has 37 heavy (non-hydrogen) atoms. The monoisotopic (exact) mass is 511 g/mol. The number of rotatable bonds is 11. The molecule has 3 rings (SSSR count). The lowest BCUT2D eigenvalue weighted by atomic mass is 9.96. The number of hydrogen-bond donors (Lipinski definition) is 1. The summed E-state index contributed by atoms with van der Waals surface area (Å²) in [4.78, 5) is 38.7. The van der Waals surface area contributed by atoms with Crippen molar-refractivity contribution in [2.45, 2.75) is 59.5 Å². The molecule has 2 atom stereocenters. The predicted molar refractivity (Wildman–Crippen MR) is 140 cm³/mol. The summed E-state index contributed by atoms with van der Waals surface area (Å²) in [5.74, 6) is 0.0474. The Bertz CT molecular complexity index is 1120. The summed E-state index contributed by atoms with van der Waals surface area (Å²) in [6.07, 6.45) is 1.84. The third kappa shape index (κ3) is 7.47. The first-order valence-corrected chi connectivity index (χ1v) is 12.7. The van der Waals surface area contributed by atoms with Gasteiger partial charge in [0.05, 0.1) is 19.3 Å². The van der Waals surface area contributed by atoms with Gasteiger partial charge in [-0.05, 0) is 64.7 Å². The van der Waals surface area contributed by atoms with Gasteiger partial charge < -0.3 is 24.3 Å². The molecule has 0 bridgehead atoms. The highest BCUT2D eigenvalue weighted by Crippen LogP contribution is 2.44. The van der Waals surface area contributed by atoms with Gasteiger partial charge >= 0.3 is 12.1 Å². The fourth-order valence-corrected chi connectivity index (χ4v) is 4.08. The SMILES string of the molecule is CCCCOc1cc(C(=O)C2CC2CNC(=O)OC(C)(C)C)c(OC)c(C)c1C(=O)Oc1ccccc1. The molecular formula is C29H37NO7. The number of methoxy groups -OCH3 is 1. The number of benzene rings is 2. The summed E-state index contributed by atoms with van der Waals surface area (Å²) in [6.45, 7) is 9.89. The van der Waals surface area contributed by atoms with Crippen LogP contribution in [0, 0.1) is 18.8 Å². The van der Waals surface area contributed by atoms with E-state index in [9.17, 15) is 14.4 Å². The number of amides is 1. The Hall–Kier alpha value is -3.55. The van der Waals surface area contributed by atoms with Crippen LogP contribution < -0.4 is 19.5 Å². The van der Waals surface area contributed by atoms with E-state index in [1.54, 1.807) is 58.0 Å². The van der Waals surface area contributed by atoms with Crippen LogP contribution in [0.3, 0.4) is 0 Å². The molecule has 1 N–H and O–H groups in total. The van der Waals surface area contributed by atoms with Gasteiger partial charge in [-0.3, -0.25) is 4.79 Å². The average molecular weight is 512 g/mol. The number of ketones is 1. The summed E-state index contributed by atoms with van der Waals surface area (Å²) < 4.78 is 22.4. The fraction of sp³-hybridized carbons (Fsp3) is 0.483. The summed E-state index contributed by atoms with van der Waals surface area (Å²) in [6, 6.07) is 10.4. The van der Waals surface area contributed by atoms with Crippen LogP contribution in [0.5, 0.6) is 17.2 Å². The molecule has 0 aromatic heterocycles. The molecular weight excluding hydrogens is 474 g/mol. The zero-order valence-corrected chi connectivity index (χ0v) is 22.5. The third-order valence-corrected chi connectivity index (χ3v) is 6.03. The minimum absolute atomic E-state index is 0.00258. The maximum Gasteiger partial charge on any atom is 0.407 e. The molecule has 1 saturated carbocycles. The molecule has 0 saturated heterocycles. The fourth-order valence-electron chi connectivity index (χ4n) is 4.08. The van der Waals surface area contributed by atoms with E-state index in [0.29, 0.717) is 47.9 Å². The number of alkyl carbamates (subject to hydrolysis) is 1. The Labute approximate surface area is 218 Å². The van der Waals surface area contributed by atoms with E-state index in [1.165, 1.54) is 7.11 Å². The summed E-state index contributed by atoms with van der Waals surface area (Å²) in [7, 11) is 1.47. The smallest absolute Gasteiger partial charge is 0.407 e. The van der Waals surface area contributed by atoms with Crippen LogP contribution in [-0.4, -0.2) is 43.7 Å². The third-order valence-electron chi connectivity index (χ3n) is 6.03. The predicted octanol–water partition coefficient (Wildman–Crippen LogP) is 5.75. The maximum absolute atomic E-state index is 13.5. The van der Waals surface area contributed by atoms with Gasteiger partial charge in [0.1, 0.15) is 28.4 Å². The first kappa shape index (κ1) is 28.0. The van der Waals surface area contributed by atoms with Gasteiger partial charge in [0, 0.05) is 18.0 Å². The van der Waals surface area contributed by atoms with Crippen molar-refractivity contribution < 1.29 is 33.3 Å². The van der Waals surface area contributed by atoms with Crippen molar-refractivity contribution in [3.63, 3.8) is 0 Å². The molecule has 2 aromatic carbocycles. The summed E-state index contributed by atoms with van der Waals surface area (Å²) in [5.41, 5.74) is 0.468. The van der Waals surface area contributed by atoms with Crippen molar-refractivity contribution in [3.05, 3.63) is 53.1 Å². The summed E-state index contributed by atoms with van der Waals surface area (Å²) in [5, 5.41) is 2.74. The van der Waals surface area contributed by atoms with Gasteiger partial charge in [-0.1, -0.05) is 31.5 Å². The van der Waals surface area contributed by atoms with Gasteiger partial charge in [0.25, 0.3) is 0 Å². The normalized spacial score (nSPS) is 16.5. The molecule has 0 spiro atoms. The number of nitrogens with one attached hydrogen (secondary N) is 1. The zero-order valence-electron chi connectivity index (χ0n) is 22.5. The highest BCUT2D eigenvalue weighted by Gasteiger charge is 2.44. The largest absolute Gasteiger partial charge is 0.496 e. The number of carbonyl (C=O) groups excluding carboxylic acids is 3. The minimum Gasteiger partial charge on any atom is -0.496 e. The molecule has 0 heterocycles. The van der Waals surface area contributed by atoms with E-state index in [-0.39, 0.29) is 23.2 Å². The van der Waals surface area contributed by atoms with Gasteiger partial charge in [-0.15, -0.1) is 0 Å². The Morgan fingerprint density at radius 2 is 1.81 bits per heavy atom. The lowest BCUT2D eigenvalue weighted by Crippen LogP contribution is -2.33. The van der Waals surface area contributed by atoms with Crippen LogP contribution in [0.4, 0.5) is 4.79 Å². The van der Waals surface area contributed by atoms with E-state index >= 15 is 0 Å². The number of ether oxygens (including phenoxy) is 4. The van der Waals surface area contributed by atoms with E-state index in [0.717, 1.165) is 12.8 Å². The van der Waals surface area contributed by atoms with E-state index in [2.05, 4.69) is 5.32 Å². The number of carbonyl (C=O) groups is 3. The molecule has 0 aliphatic heterocycles. The maximum atomic E-state index is 13.5.